The van der Waals surface area contributed by atoms with Gasteiger partial charge in [0.1, 0.15) is 0 Å². The van der Waals surface area contributed by atoms with Gasteiger partial charge in [-0.3, -0.25) is 23.7 Å². The summed E-state index contributed by atoms with van der Waals surface area (Å²) in [5.41, 5.74) is -6.64. The zero-order chi connectivity index (χ0) is 23.2. The summed E-state index contributed by atoms with van der Waals surface area (Å²) >= 11 is 0. The molecule has 2 unspecified atom stereocenters. The Bertz CT molecular complexity index is 844. The SMILES string of the molecule is O=C(O)CC(O)(CC(=O)OC(CC(=O)O)(CC(=O)OS(=O)(=O)O)C(=O)O)C(=O)O.[NaH].[NaH].[NaH].[NaH]. The molecule has 0 heterocycles. The van der Waals surface area contributed by atoms with Crippen molar-refractivity contribution in [3.63, 3.8) is 0 Å². The number of carboxylic acid groups (broad SMARTS) is 4. The van der Waals surface area contributed by atoms with Crippen LogP contribution < -0.4 is 0 Å². The molecule has 0 aliphatic carbocycles. The Balaban J connectivity index is -0.000000653. The van der Waals surface area contributed by atoms with E-state index in [1.165, 1.54) is 0 Å². The van der Waals surface area contributed by atoms with Crippen LogP contribution in [0.4, 0.5) is 0 Å². The Labute approximate surface area is 273 Å². The van der Waals surface area contributed by atoms with Crippen LogP contribution in [0.25, 0.3) is 0 Å². The van der Waals surface area contributed by atoms with Gasteiger partial charge in [0.25, 0.3) is 0 Å². The number of hydrogen-bond donors (Lipinski definition) is 6. The summed E-state index contributed by atoms with van der Waals surface area (Å²) in [5.74, 6) is -12.4. The number of carboxylic acids is 4. The normalized spacial score (nSPS) is 13.4. The van der Waals surface area contributed by atoms with E-state index in [0.29, 0.717) is 0 Å². The van der Waals surface area contributed by atoms with Gasteiger partial charge in [0, 0.05) is 0 Å². The first-order valence-corrected chi connectivity index (χ1v) is 8.33. The van der Waals surface area contributed by atoms with Crippen molar-refractivity contribution in [2.45, 2.75) is 36.9 Å². The molecule has 172 valence electrons. The van der Waals surface area contributed by atoms with Crippen molar-refractivity contribution >= 4 is 164 Å². The first-order valence-electron chi connectivity index (χ1n) is 6.97. The van der Waals surface area contributed by atoms with Gasteiger partial charge in [-0.15, -0.1) is 0 Å². The molecule has 16 nitrogen and oxygen atoms in total. The van der Waals surface area contributed by atoms with Gasteiger partial charge in [0.2, 0.25) is 5.60 Å². The average molecular weight is 542 g/mol. The number of aliphatic hydroxyl groups is 1. The Morgan fingerprint density at radius 1 is 0.667 bits per heavy atom. The van der Waals surface area contributed by atoms with Crippen molar-refractivity contribution in [1.29, 1.82) is 0 Å². The molecule has 0 aromatic heterocycles. The van der Waals surface area contributed by atoms with Crippen LogP contribution >= 0.6 is 0 Å². The van der Waals surface area contributed by atoms with E-state index in [0.717, 1.165) is 0 Å². The molecule has 0 aromatic carbocycles. The van der Waals surface area contributed by atoms with Gasteiger partial charge in [-0.05, 0) is 0 Å². The fraction of sp³-hybridized carbons (Fsp3) is 0.500. The molecule has 2 atom stereocenters. The van der Waals surface area contributed by atoms with Gasteiger partial charge in [-0.2, -0.15) is 8.42 Å². The van der Waals surface area contributed by atoms with Crippen LogP contribution in [0.15, 0.2) is 0 Å². The molecule has 0 aliphatic rings. The van der Waals surface area contributed by atoms with Crippen LogP contribution in [0.2, 0.25) is 0 Å². The Morgan fingerprint density at radius 3 is 1.39 bits per heavy atom. The van der Waals surface area contributed by atoms with Crippen molar-refractivity contribution in [1.82, 2.24) is 0 Å². The number of ether oxygens (including phenoxy) is 1. The summed E-state index contributed by atoms with van der Waals surface area (Å²) in [6.07, 6.45) is -6.67. The van der Waals surface area contributed by atoms with Crippen LogP contribution in [0.3, 0.4) is 0 Å². The van der Waals surface area contributed by atoms with Crippen LogP contribution in [0.5, 0.6) is 0 Å². The predicted molar refractivity (Wildman–Crippen MR) is 109 cm³/mol. The summed E-state index contributed by atoms with van der Waals surface area (Å²) in [7, 11) is -5.45. The number of carbonyl (C=O) groups is 6. The quantitative estimate of drug-likeness (QED) is 0.0762. The Hall–Kier alpha value is 0.690. The van der Waals surface area contributed by atoms with E-state index in [2.05, 4.69) is 8.92 Å². The van der Waals surface area contributed by atoms with Gasteiger partial charge in [0.05, 0.1) is 25.7 Å². The summed E-state index contributed by atoms with van der Waals surface area (Å²) in [4.78, 5) is 67.3. The van der Waals surface area contributed by atoms with Crippen molar-refractivity contribution < 1.29 is 76.2 Å². The van der Waals surface area contributed by atoms with Gasteiger partial charge in [0.15, 0.2) is 5.60 Å². The van der Waals surface area contributed by atoms with Crippen molar-refractivity contribution in [3.8, 4) is 0 Å². The van der Waals surface area contributed by atoms with E-state index < -0.39 is 83.1 Å². The van der Waals surface area contributed by atoms with E-state index in [4.69, 9.17) is 19.9 Å². The molecule has 6 N–H and O–H groups in total. The third kappa shape index (κ3) is 16.9. The third-order valence-electron chi connectivity index (χ3n) is 3.04. The van der Waals surface area contributed by atoms with E-state index in [1.807, 2.05) is 0 Å². The van der Waals surface area contributed by atoms with E-state index in [9.17, 15) is 47.4 Å². The fourth-order valence-corrected chi connectivity index (χ4v) is 2.20. The number of rotatable bonds is 12. The summed E-state index contributed by atoms with van der Waals surface area (Å²) in [6.45, 7) is 0. The van der Waals surface area contributed by atoms with Crippen LogP contribution in [-0.4, -0.2) is 204 Å². The van der Waals surface area contributed by atoms with E-state index in [1.54, 1.807) is 0 Å². The molecule has 0 rings (SSSR count). The van der Waals surface area contributed by atoms with Crippen molar-refractivity contribution in [2.24, 2.45) is 0 Å². The first kappa shape index (κ1) is 43.7. The molecule has 21 heteroatoms. The first-order chi connectivity index (χ1) is 12.9. The molecule has 0 amide bonds. The zero-order valence-corrected chi connectivity index (χ0v) is 14.8. The third-order valence-corrected chi connectivity index (χ3v) is 3.44. The molecule has 0 saturated carbocycles. The zero-order valence-electron chi connectivity index (χ0n) is 14.0. The molecule has 0 aliphatic heterocycles. The average Bonchev–Trinajstić information content (AvgIpc) is 2.41. The van der Waals surface area contributed by atoms with E-state index in [-0.39, 0.29) is 118 Å². The maximum absolute atomic E-state index is 11.9. The van der Waals surface area contributed by atoms with Crippen molar-refractivity contribution in [3.05, 3.63) is 0 Å². The molecular formula is C12H18Na4O16S. The second-order valence-corrected chi connectivity index (χ2v) is 6.51. The fourth-order valence-electron chi connectivity index (χ4n) is 1.91. The van der Waals surface area contributed by atoms with Crippen LogP contribution in [0, 0.1) is 0 Å². The molecule has 0 bridgehead atoms. The standard InChI is InChI=1S/C12H14O16S.4Na.4H/c13-5(14)1-11(23,9(19)20)3-7(17)27-12(10(21)22,2-6(15)16)4-8(18)28-29(24,25)26;;;;;;;;/h23H,1-4H2,(H,13,14)(H,15,16)(H,19,20)(H,21,22)(H,24,25,26);;;;;;;;. The summed E-state index contributed by atoms with van der Waals surface area (Å²) in [5, 5.41) is 45.2. The Morgan fingerprint density at radius 2 is 1.09 bits per heavy atom. The molecular weight excluding hydrogens is 524 g/mol. The predicted octanol–water partition coefficient (Wildman–Crippen LogP) is -5.35. The molecule has 0 saturated heterocycles. The number of hydrogen-bond acceptors (Lipinski definition) is 11. The minimum atomic E-state index is -5.45. The maximum atomic E-state index is 11.9. The molecule has 0 spiro atoms. The molecule has 0 radical (unpaired) electrons. The number of esters is 1. The monoisotopic (exact) mass is 542 g/mol. The van der Waals surface area contributed by atoms with Gasteiger partial charge in [-0.25, -0.2) is 9.59 Å². The molecule has 0 fully saturated rings. The molecule has 0 aromatic rings. The van der Waals surface area contributed by atoms with Crippen LogP contribution in [0.1, 0.15) is 25.7 Å². The number of aliphatic carboxylic acids is 4. The van der Waals surface area contributed by atoms with E-state index >= 15 is 0 Å². The second kappa shape index (κ2) is 18.0. The summed E-state index contributed by atoms with van der Waals surface area (Å²) < 4.78 is 37.1. The topological polar surface area (TPSA) is 276 Å². The molecule has 33 heavy (non-hydrogen) atoms. The van der Waals surface area contributed by atoms with Gasteiger partial charge < -0.3 is 34.5 Å². The van der Waals surface area contributed by atoms with Crippen molar-refractivity contribution in [2.75, 3.05) is 0 Å². The second-order valence-electron chi connectivity index (χ2n) is 5.49. The number of carbonyl (C=O) groups excluding carboxylic acids is 2. The van der Waals surface area contributed by atoms with Gasteiger partial charge >= 0.3 is 164 Å². The van der Waals surface area contributed by atoms with Crippen LogP contribution in [-0.2, 0) is 48.1 Å². The van der Waals surface area contributed by atoms with Gasteiger partial charge in [-0.1, -0.05) is 0 Å². The summed E-state index contributed by atoms with van der Waals surface area (Å²) in [6, 6.07) is 0. The minimum absolute atomic E-state index is 0. The Kier molecular flexibility index (Phi) is 23.9.